The minimum Gasteiger partial charge on any atom is -0.477 e. The Hall–Kier alpha value is -4.44. The third-order valence-corrected chi connectivity index (χ3v) is 6.75. The van der Waals surface area contributed by atoms with Gasteiger partial charge in [-0.2, -0.15) is 4.37 Å². The van der Waals surface area contributed by atoms with Crippen LogP contribution in [0.25, 0.3) is 43.1 Å². The van der Waals surface area contributed by atoms with Gasteiger partial charge in [-0.05, 0) is 53.5 Å². The van der Waals surface area contributed by atoms with Crippen LogP contribution < -0.4 is 11.3 Å². The molecular weight excluding hydrogens is 459 g/mol. The van der Waals surface area contributed by atoms with E-state index in [1.165, 1.54) is 46.8 Å². The van der Waals surface area contributed by atoms with Crippen LogP contribution in [0.3, 0.4) is 0 Å². The molecule has 8 nitrogen and oxygen atoms in total. The van der Waals surface area contributed by atoms with Crippen LogP contribution in [0.2, 0.25) is 0 Å². The Morgan fingerprint density at radius 1 is 1.24 bits per heavy atom. The SMILES string of the molecule is Nc1nsc2ccc(Cn3c(C(=O)O)c(-c4ccc[nH]c4=O)c4c5occc5c(F)cc43)cc12. The molecule has 10 heteroatoms. The molecule has 0 spiro atoms. The molecule has 0 fully saturated rings. The van der Waals surface area contributed by atoms with Crippen molar-refractivity contribution in [3.8, 4) is 11.1 Å². The van der Waals surface area contributed by atoms with Crippen LogP contribution in [0.5, 0.6) is 0 Å². The lowest BCUT2D eigenvalue weighted by Crippen LogP contribution is -2.13. The van der Waals surface area contributed by atoms with Crippen molar-refractivity contribution in [2.24, 2.45) is 0 Å². The molecule has 0 bridgehead atoms. The molecule has 4 heterocycles. The third-order valence-electron chi connectivity index (χ3n) is 5.91. The molecule has 0 radical (unpaired) electrons. The number of aromatic amines is 1. The molecule has 0 aliphatic carbocycles. The number of hydrogen-bond donors (Lipinski definition) is 3. The average molecular weight is 474 g/mol. The van der Waals surface area contributed by atoms with Crippen molar-refractivity contribution in [1.82, 2.24) is 13.9 Å². The van der Waals surface area contributed by atoms with E-state index in [2.05, 4.69) is 9.36 Å². The van der Waals surface area contributed by atoms with Gasteiger partial charge < -0.3 is 24.8 Å². The molecule has 0 aliphatic heterocycles. The first-order chi connectivity index (χ1) is 16.4. The van der Waals surface area contributed by atoms with E-state index in [1.54, 1.807) is 6.07 Å². The molecular formula is C24H15FN4O4S. The van der Waals surface area contributed by atoms with Crippen molar-refractivity contribution >= 4 is 55.3 Å². The van der Waals surface area contributed by atoms with Gasteiger partial charge >= 0.3 is 5.97 Å². The van der Waals surface area contributed by atoms with Gasteiger partial charge in [-0.3, -0.25) is 4.79 Å². The lowest BCUT2D eigenvalue weighted by Gasteiger charge is -2.10. The van der Waals surface area contributed by atoms with Gasteiger partial charge in [0.05, 0.1) is 32.8 Å². The second-order valence-electron chi connectivity index (χ2n) is 7.84. The number of fused-ring (bicyclic) bond motifs is 4. The number of carboxylic acid groups (broad SMARTS) is 1. The van der Waals surface area contributed by atoms with Crippen molar-refractivity contribution in [2.75, 3.05) is 5.73 Å². The summed E-state index contributed by atoms with van der Waals surface area (Å²) in [6, 6.07) is 11.4. The number of nitrogens with zero attached hydrogens (tertiary/aromatic N) is 2. The number of aromatic carboxylic acids is 1. The monoisotopic (exact) mass is 474 g/mol. The molecule has 0 saturated carbocycles. The highest BCUT2D eigenvalue weighted by molar-refractivity contribution is 7.13. The second-order valence-corrected chi connectivity index (χ2v) is 8.65. The lowest BCUT2D eigenvalue weighted by molar-refractivity contribution is 0.0687. The summed E-state index contributed by atoms with van der Waals surface area (Å²) in [6.45, 7) is 0.0970. The molecule has 2 aromatic carbocycles. The molecule has 4 N–H and O–H groups in total. The molecule has 0 saturated heterocycles. The van der Waals surface area contributed by atoms with E-state index in [0.29, 0.717) is 16.7 Å². The zero-order chi connectivity index (χ0) is 23.6. The molecule has 0 atom stereocenters. The number of pyridine rings is 1. The number of furan rings is 1. The largest absolute Gasteiger partial charge is 0.477 e. The maximum Gasteiger partial charge on any atom is 0.353 e. The molecule has 0 aliphatic rings. The third kappa shape index (κ3) is 2.85. The van der Waals surface area contributed by atoms with E-state index >= 15 is 0 Å². The molecule has 34 heavy (non-hydrogen) atoms. The maximum absolute atomic E-state index is 15.0. The van der Waals surface area contributed by atoms with Crippen LogP contribution in [0.4, 0.5) is 10.2 Å². The zero-order valence-corrected chi connectivity index (χ0v) is 18.1. The van der Waals surface area contributed by atoms with Crippen LogP contribution >= 0.6 is 11.5 Å². The van der Waals surface area contributed by atoms with Crippen molar-refractivity contribution in [2.45, 2.75) is 6.54 Å². The highest BCUT2D eigenvalue weighted by Crippen LogP contribution is 2.40. The van der Waals surface area contributed by atoms with Gasteiger partial charge in [-0.25, -0.2) is 9.18 Å². The first kappa shape index (κ1) is 20.2. The summed E-state index contributed by atoms with van der Waals surface area (Å²) in [5, 5.41) is 11.6. The van der Waals surface area contributed by atoms with Gasteiger partial charge in [0.1, 0.15) is 22.9 Å². The number of H-pyrrole nitrogens is 1. The van der Waals surface area contributed by atoms with E-state index in [-0.39, 0.29) is 34.3 Å². The Kier molecular flexibility index (Phi) is 4.33. The van der Waals surface area contributed by atoms with Crippen LogP contribution in [0.1, 0.15) is 16.1 Å². The van der Waals surface area contributed by atoms with Crippen molar-refractivity contribution < 1.29 is 18.7 Å². The van der Waals surface area contributed by atoms with Crippen molar-refractivity contribution in [3.63, 3.8) is 0 Å². The Labute approximate surface area is 193 Å². The molecule has 6 rings (SSSR count). The normalized spacial score (nSPS) is 11.7. The van der Waals surface area contributed by atoms with Gasteiger partial charge in [0, 0.05) is 23.7 Å². The average Bonchev–Trinajstić information content (AvgIpc) is 3.51. The summed E-state index contributed by atoms with van der Waals surface area (Å²) in [4.78, 5) is 27.9. The Bertz CT molecular complexity index is 1830. The molecule has 0 unspecified atom stereocenters. The number of halogens is 1. The summed E-state index contributed by atoms with van der Waals surface area (Å²) < 4.78 is 27.1. The highest BCUT2D eigenvalue weighted by atomic mass is 32.1. The van der Waals surface area contributed by atoms with E-state index < -0.39 is 17.3 Å². The number of aromatic nitrogens is 3. The molecule has 168 valence electrons. The van der Waals surface area contributed by atoms with Crippen LogP contribution in [0, 0.1) is 5.82 Å². The number of nitrogen functional groups attached to an aromatic ring is 1. The predicted molar refractivity (Wildman–Crippen MR) is 128 cm³/mol. The van der Waals surface area contributed by atoms with Crippen LogP contribution in [-0.2, 0) is 6.54 Å². The number of carbonyl (C=O) groups is 1. The summed E-state index contributed by atoms with van der Waals surface area (Å²) in [5.74, 6) is -1.42. The number of benzene rings is 2. The van der Waals surface area contributed by atoms with Crippen molar-refractivity contribution in [3.05, 3.63) is 82.4 Å². The fourth-order valence-corrected chi connectivity index (χ4v) is 5.14. The summed E-state index contributed by atoms with van der Waals surface area (Å²) in [6.07, 6.45) is 2.80. The Balaban J connectivity index is 1.73. The maximum atomic E-state index is 15.0. The standard InChI is InChI=1S/C24H15FN4O4S/c25-15-9-16-19(21-12(15)5-7-33-21)18(13-2-1-6-27-23(13)30)20(24(31)32)29(16)10-11-3-4-17-14(8-11)22(26)28-34-17/h1-9H,10H2,(H2,26,28)(H,27,30)(H,31,32). The summed E-state index contributed by atoms with van der Waals surface area (Å²) in [5.41, 5.74) is 6.89. The van der Waals surface area contributed by atoms with Crippen LogP contribution in [0.15, 0.2) is 64.1 Å². The first-order valence-corrected chi connectivity index (χ1v) is 11.0. The van der Waals surface area contributed by atoms with Gasteiger partial charge in [-0.1, -0.05) is 6.07 Å². The van der Waals surface area contributed by atoms with E-state index in [1.807, 2.05) is 18.2 Å². The fourth-order valence-electron chi connectivity index (χ4n) is 4.46. The van der Waals surface area contributed by atoms with E-state index in [4.69, 9.17) is 10.2 Å². The smallest absolute Gasteiger partial charge is 0.353 e. The number of nitrogens with two attached hydrogens (primary N) is 1. The summed E-state index contributed by atoms with van der Waals surface area (Å²) >= 11 is 1.27. The van der Waals surface area contributed by atoms with Crippen LogP contribution in [-0.4, -0.2) is 25.0 Å². The Morgan fingerprint density at radius 3 is 2.88 bits per heavy atom. The van der Waals surface area contributed by atoms with Crippen molar-refractivity contribution in [1.29, 1.82) is 0 Å². The molecule has 6 aromatic rings. The number of anilines is 1. The topological polar surface area (TPSA) is 127 Å². The van der Waals surface area contributed by atoms with E-state index in [9.17, 15) is 19.1 Å². The predicted octanol–water partition coefficient (Wildman–Crippen LogP) is 4.82. The van der Waals surface area contributed by atoms with Gasteiger partial charge in [0.25, 0.3) is 5.56 Å². The zero-order valence-electron chi connectivity index (χ0n) is 17.3. The highest BCUT2D eigenvalue weighted by Gasteiger charge is 2.28. The second kappa shape index (κ2) is 7.29. The Morgan fingerprint density at radius 2 is 2.09 bits per heavy atom. The van der Waals surface area contributed by atoms with Gasteiger partial charge in [-0.15, -0.1) is 0 Å². The minimum atomic E-state index is -1.26. The van der Waals surface area contributed by atoms with Gasteiger partial charge in [0.15, 0.2) is 0 Å². The number of rotatable bonds is 4. The quantitative estimate of drug-likeness (QED) is 0.336. The molecule has 0 amide bonds. The van der Waals surface area contributed by atoms with E-state index in [0.717, 1.165) is 15.6 Å². The fraction of sp³-hybridized carbons (Fsp3) is 0.0417. The lowest BCUT2D eigenvalue weighted by atomic mass is 10.0. The summed E-state index contributed by atoms with van der Waals surface area (Å²) in [7, 11) is 0. The minimum absolute atomic E-state index is 0.0970. The molecule has 4 aromatic heterocycles. The first-order valence-electron chi connectivity index (χ1n) is 10.2. The number of nitrogens with one attached hydrogen (secondary N) is 1. The number of carboxylic acids is 1. The number of hydrogen-bond acceptors (Lipinski definition) is 6. The van der Waals surface area contributed by atoms with Gasteiger partial charge in [0.2, 0.25) is 0 Å².